The molecule has 8 nitrogen and oxygen atoms in total. The van der Waals surface area contributed by atoms with Crippen LogP contribution >= 0.6 is 0 Å². The van der Waals surface area contributed by atoms with Crippen molar-refractivity contribution in [3.8, 4) is 0 Å². The molecule has 2 aromatic rings. The van der Waals surface area contributed by atoms with E-state index in [-0.39, 0.29) is 0 Å². The topological polar surface area (TPSA) is 95.0 Å². The highest BCUT2D eigenvalue weighted by molar-refractivity contribution is 5.19. The van der Waals surface area contributed by atoms with Gasteiger partial charge in [0.05, 0.1) is 13.2 Å². The van der Waals surface area contributed by atoms with E-state index in [1.165, 1.54) is 11.3 Å². The van der Waals surface area contributed by atoms with Crippen molar-refractivity contribution in [2.24, 2.45) is 5.73 Å². The lowest BCUT2D eigenvalue weighted by molar-refractivity contribution is 0.174. The number of piperidine rings is 1. The number of methoxy groups -OCH3 is 1. The average Bonchev–Trinajstić information content (AvgIpc) is 3.07. The Morgan fingerprint density at radius 3 is 2.64 bits per heavy atom. The number of hydrogen-bond acceptors (Lipinski definition) is 7. The minimum absolute atomic E-state index is 0.310. The molecule has 0 spiro atoms. The molecule has 2 N–H and O–H groups in total. The van der Waals surface area contributed by atoms with Gasteiger partial charge in [0.25, 0.3) is 0 Å². The Hall–Kier alpha value is -1.90. The fraction of sp³-hybridized carbons (Fsp3) is 0.700. The van der Waals surface area contributed by atoms with E-state index in [4.69, 9.17) is 10.5 Å². The zero-order valence-corrected chi connectivity index (χ0v) is 16.9. The van der Waals surface area contributed by atoms with Crippen LogP contribution in [0.2, 0.25) is 0 Å². The summed E-state index contributed by atoms with van der Waals surface area (Å²) in [6.45, 7) is 6.52. The monoisotopic (exact) mass is 385 g/mol. The first kappa shape index (κ1) is 19.4. The molecule has 0 unspecified atom stereocenters. The van der Waals surface area contributed by atoms with E-state index >= 15 is 0 Å². The van der Waals surface area contributed by atoms with Crippen LogP contribution in [0.25, 0.3) is 0 Å². The van der Waals surface area contributed by atoms with Crippen LogP contribution in [0.1, 0.15) is 60.4 Å². The fourth-order valence-corrected chi connectivity index (χ4v) is 4.47. The van der Waals surface area contributed by atoms with Crippen LogP contribution in [0.5, 0.6) is 0 Å². The molecule has 4 rings (SSSR count). The number of ether oxygens (including phenoxy) is 1. The summed E-state index contributed by atoms with van der Waals surface area (Å²) in [4.78, 5) is 11.1. The standard InChI is InChI=1S/C20H31N7O/c1-14-11-22-13-23-19(14)15-3-5-26(6-4-15)12-18-24-25-20(16-9-17(21)10-16)27(18)7-8-28-2/h11,13,15-17H,3-10,12,21H2,1-2H3. The zero-order chi connectivity index (χ0) is 19.5. The lowest BCUT2D eigenvalue weighted by Crippen LogP contribution is -2.37. The lowest BCUT2D eigenvalue weighted by Gasteiger charge is -2.33. The molecule has 1 aliphatic heterocycles. The highest BCUT2D eigenvalue weighted by Crippen LogP contribution is 2.35. The third-order valence-corrected chi connectivity index (χ3v) is 6.19. The second-order valence-corrected chi connectivity index (χ2v) is 8.19. The fourth-order valence-electron chi connectivity index (χ4n) is 4.47. The maximum absolute atomic E-state index is 5.98. The molecule has 0 aromatic carbocycles. The van der Waals surface area contributed by atoms with Crippen LogP contribution in [-0.2, 0) is 17.8 Å². The molecule has 2 aliphatic rings. The van der Waals surface area contributed by atoms with Crippen molar-refractivity contribution in [1.82, 2.24) is 29.6 Å². The molecule has 0 radical (unpaired) electrons. The van der Waals surface area contributed by atoms with Crippen LogP contribution in [0.3, 0.4) is 0 Å². The van der Waals surface area contributed by atoms with E-state index in [1.807, 2.05) is 6.20 Å². The highest BCUT2D eigenvalue weighted by atomic mass is 16.5. The Morgan fingerprint density at radius 2 is 1.96 bits per heavy atom. The predicted octanol–water partition coefficient (Wildman–Crippen LogP) is 1.61. The van der Waals surface area contributed by atoms with Crippen LogP contribution in [-0.4, -0.2) is 62.5 Å². The van der Waals surface area contributed by atoms with E-state index in [2.05, 4.69) is 36.6 Å². The van der Waals surface area contributed by atoms with Gasteiger partial charge >= 0.3 is 0 Å². The number of rotatable bonds is 7. The number of aromatic nitrogens is 5. The molecule has 8 heteroatoms. The summed E-state index contributed by atoms with van der Waals surface area (Å²) in [6, 6.07) is 0.310. The van der Waals surface area contributed by atoms with Crippen LogP contribution in [0.15, 0.2) is 12.5 Å². The van der Waals surface area contributed by atoms with E-state index in [0.717, 1.165) is 63.5 Å². The first-order chi connectivity index (χ1) is 13.7. The SMILES string of the molecule is COCCn1c(CN2CCC(c3ncncc3C)CC2)nnc1C1CC(N)C1. The molecule has 3 heterocycles. The molecule has 2 fully saturated rings. The number of hydrogen-bond donors (Lipinski definition) is 1. The molecule has 0 amide bonds. The van der Waals surface area contributed by atoms with Crippen LogP contribution in [0, 0.1) is 6.92 Å². The summed E-state index contributed by atoms with van der Waals surface area (Å²) in [6.07, 6.45) is 7.84. The van der Waals surface area contributed by atoms with Gasteiger partial charge in [-0.1, -0.05) is 0 Å². The number of likely N-dealkylation sites (tertiary alicyclic amines) is 1. The minimum Gasteiger partial charge on any atom is -0.383 e. The van der Waals surface area contributed by atoms with Crippen LogP contribution < -0.4 is 5.73 Å². The largest absolute Gasteiger partial charge is 0.383 e. The second kappa shape index (κ2) is 8.63. The van der Waals surface area contributed by atoms with Gasteiger partial charge in [-0.05, 0) is 51.3 Å². The summed E-state index contributed by atoms with van der Waals surface area (Å²) in [5.74, 6) is 3.10. The van der Waals surface area contributed by atoms with Crippen molar-refractivity contribution < 1.29 is 4.74 Å². The smallest absolute Gasteiger partial charge is 0.147 e. The zero-order valence-electron chi connectivity index (χ0n) is 16.9. The first-order valence-electron chi connectivity index (χ1n) is 10.3. The molecular weight excluding hydrogens is 354 g/mol. The summed E-state index contributed by atoms with van der Waals surface area (Å²) in [5, 5.41) is 9.06. The Bertz CT molecular complexity index is 779. The summed E-state index contributed by atoms with van der Waals surface area (Å²) >= 11 is 0. The maximum Gasteiger partial charge on any atom is 0.147 e. The van der Waals surface area contributed by atoms with Gasteiger partial charge in [-0.2, -0.15) is 0 Å². The Kier molecular flexibility index (Phi) is 5.99. The van der Waals surface area contributed by atoms with Crippen molar-refractivity contribution in [2.45, 2.75) is 63.6 Å². The summed E-state index contributed by atoms with van der Waals surface area (Å²) in [7, 11) is 1.74. The van der Waals surface area contributed by atoms with E-state index < -0.39 is 0 Å². The number of aryl methyl sites for hydroxylation is 1. The normalized spacial score (nSPS) is 23.7. The van der Waals surface area contributed by atoms with Crippen LogP contribution in [0.4, 0.5) is 0 Å². The molecule has 2 aromatic heterocycles. The van der Waals surface area contributed by atoms with Crippen molar-refractivity contribution in [1.29, 1.82) is 0 Å². The molecule has 0 atom stereocenters. The Labute approximate surface area is 166 Å². The molecule has 1 aliphatic carbocycles. The number of nitrogens with zero attached hydrogens (tertiary/aromatic N) is 6. The number of nitrogens with two attached hydrogens (primary N) is 1. The van der Waals surface area contributed by atoms with Gasteiger partial charge in [-0.25, -0.2) is 9.97 Å². The molecule has 152 valence electrons. The van der Waals surface area contributed by atoms with Gasteiger partial charge in [0, 0.05) is 43.4 Å². The van der Waals surface area contributed by atoms with E-state index in [0.29, 0.717) is 24.5 Å². The minimum atomic E-state index is 0.310. The van der Waals surface area contributed by atoms with Gasteiger partial charge in [0.1, 0.15) is 18.0 Å². The van der Waals surface area contributed by atoms with Gasteiger partial charge in [0.15, 0.2) is 0 Å². The summed E-state index contributed by atoms with van der Waals surface area (Å²) in [5.41, 5.74) is 8.39. The highest BCUT2D eigenvalue weighted by Gasteiger charge is 2.32. The Balaban J connectivity index is 1.40. The molecule has 28 heavy (non-hydrogen) atoms. The van der Waals surface area contributed by atoms with Gasteiger partial charge in [-0.15, -0.1) is 10.2 Å². The van der Waals surface area contributed by atoms with Crippen molar-refractivity contribution >= 4 is 0 Å². The van der Waals surface area contributed by atoms with Gasteiger partial charge in [0.2, 0.25) is 0 Å². The Morgan fingerprint density at radius 1 is 1.18 bits per heavy atom. The van der Waals surface area contributed by atoms with Crippen molar-refractivity contribution in [3.63, 3.8) is 0 Å². The van der Waals surface area contributed by atoms with E-state index in [1.54, 1.807) is 13.4 Å². The predicted molar refractivity (Wildman–Crippen MR) is 106 cm³/mol. The van der Waals surface area contributed by atoms with E-state index in [9.17, 15) is 0 Å². The van der Waals surface area contributed by atoms with Crippen molar-refractivity contribution in [3.05, 3.63) is 35.4 Å². The van der Waals surface area contributed by atoms with Gasteiger partial charge < -0.3 is 15.0 Å². The van der Waals surface area contributed by atoms with Gasteiger partial charge in [-0.3, -0.25) is 4.90 Å². The quantitative estimate of drug-likeness (QED) is 0.773. The third kappa shape index (κ3) is 4.09. The average molecular weight is 386 g/mol. The molecular formula is C20H31N7O. The third-order valence-electron chi connectivity index (χ3n) is 6.19. The first-order valence-corrected chi connectivity index (χ1v) is 10.3. The summed E-state index contributed by atoms with van der Waals surface area (Å²) < 4.78 is 7.58. The second-order valence-electron chi connectivity index (χ2n) is 8.19. The molecule has 1 saturated heterocycles. The molecule has 0 bridgehead atoms. The maximum atomic E-state index is 5.98. The van der Waals surface area contributed by atoms with Crippen molar-refractivity contribution in [2.75, 3.05) is 26.8 Å². The lowest BCUT2D eigenvalue weighted by atomic mass is 9.80. The molecule has 1 saturated carbocycles.